The number of para-hydroxylation sites is 1. The third-order valence-corrected chi connectivity index (χ3v) is 7.88. The Hall–Kier alpha value is -3.06. The molecule has 1 atom stereocenters. The summed E-state index contributed by atoms with van der Waals surface area (Å²) in [6.07, 6.45) is 2.84. The van der Waals surface area contributed by atoms with E-state index in [0.717, 1.165) is 46.3 Å². The van der Waals surface area contributed by atoms with E-state index in [1.54, 1.807) is 12.1 Å². The van der Waals surface area contributed by atoms with E-state index in [1.807, 2.05) is 32.0 Å². The predicted octanol–water partition coefficient (Wildman–Crippen LogP) is 6.09. The van der Waals surface area contributed by atoms with Crippen molar-refractivity contribution >= 4 is 46.3 Å². The molecule has 35 heavy (non-hydrogen) atoms. The number of carbonyl (C=O) groups is 3. The molecule has 184 valence electrons. The van der Waals surface area contributed by atoms with Crippen molar-refractivity contribution in [2.45, 2.75) is 59.4 Å². The highest BCUT2D eigenvalue weighted by molar-refractivity contribution is 8.18. The van der Waals surface area contributed by atoms with Gasteiger partial charge in [-0.15, -0.1) is 0 Å². The average Bonchev–Trinajstić information content (AvgIpc) is 3.03. The van der Waals surface area contributed by atoms with Crippen molar-refractivity contribution in [3.8, 4) is 0 Å². The fraction of sp³-hybridized carbons (Fsp3) is 0.393. The van der Waals surface area contributed by atoms with Gasteiger partial charge in [-0.1, -0.05) is 25.1 Å². The molecule has 0 radical (unpaired) electrons. The summed E-state index contributed by atoms with van der Waals surface area (Å²) in [7, 11) is 0. The summed E-state index contributed by atoms with van der Waals surface area (Å²) < 4.78 is 0. The number of rotatable bonds is 5. The Bertz CT molecular complexity index is 1230. The van der Waals surface area contributed by atoms with Gasteiger partial charge in [0.2, 0.25) is 5.91 Å². The number of carbonyl (C=O) groups excluding carboxylic acids is 3. The molecule has 2 aliphatic rings. The highest BCUT2D eigenvalue weighted by Gasteiger charge is 2.38. The molecular formula is C28H33N3O3S. The molecule has 1 saturated heterocycles. The van der Waals surface area contributed by atoms with E-state index < -0.39 is 17.1 Å². The number of nitrogens with one attached hydrogen (secondary N) is 1. The van der Waals surface area contributed by atoms with Gasteiger partial charge >= 0.3 is 0 Å². The monoisotopic (exact) mass is 491 g/mol. The zero-order chi connectivity index (χ0) is 25.5. The van der Waals surface area contributed by atoms with E-state index in [4.69, 9.17) is 0 Å². The number of fused-ring (bicyclic) bond motifs is 1. The quantitative estimate of drug-likeness (QED) is 0.513. The molecule has 2 aromatic rings. The zero-order valence-electron chi connectivity index (χ0n) is 21.3. The zero-order valence-corrected chi connectivity index (χ0v) is 22.1. The third kappa shape index (κ3) is 4.87. The van der Waals surface area contributed by atoms with E-state index in [2.05, 4.69) is 50.0 Å². The van der Waals surface area contributed by atoms with Crippen LogP contribution in [0.25, 0.3) is 6.08 Å². The number of benzene rings is 2. The molecule has 6 nitrogen and oxygen atoms in total. The number of nitrogens with zero attached hydrogens (tertiary/aromatic N) is 2. The highest BCUT2D eigenvalue weighted by Crippen LogP contribution is 2.45. The number of hydrogen-bond donors (Lipinski definition) is 1. The first kappa shape index (κ1) is 25.0. The molecule has 0 saturated carbocycles. The lowest BCUT2D eigenvalue weighted by molar-refractivity contribution is -0.127. The molecule has 0 bridgehead atoms. The second-order valence-corrected chi connectivity index (χ2v) is 11.1. The lowest BCUT2D eigenvalue weighted by Gasteiger charge is -2.47. The normalized spacial score (nSPS) is 20.4. The van der Waals surface area contributed by atoms with Crippen LogP contribution in [0.4, 0.5) is 16.2 Å². The molecule has 2 heterocycles. The van der Waals surface area contributed by atoms with Crippen LogP contribution >= 0.6 is 11.8 Å². The fourth-order valence-corrected chi connectivity index (χ4v) is 6.06. The summed E-state index contributed by atoms with van der Waals surface area (Å²) in [6, 6.07) is 11.8. The van der Waals surface area contributed by atoms with Crippen molar-refractivity contribution in [3.63, 3.8) is 0 Å². The SMILES string of the molecule is CCN1c2cc(C)c(/C=C3\SC(=O)N(CC(=O)Nc4ccccc4C)C3=O)cc2[C@@H](C)CC1(C)C. The number of imide groups is 1. The second-order valence-electron chi connectivity index (χ2n) is 10.1. The Kier molecular flexibility index (Phi) is 6.82. The Morgan fingerprint density at radius 3 is 2.57 bits per heavy atom. The van der Waals surface area contributed by atoms with Crippen molar-refractivity contribution < 1.29 is 14.4 Å². The topological polar surface area (TPSA) is 69.7 Å². The Morgan fingerprint density at radius 2 is 1.89 bits per heavy atom. The van der Waals surface area contributed by atoms with Crippen LogP contribution in [-0.4, -0.2) is 40.6 Å². The predicted molar refractivity (Wildman–Crippen MR) is 144 cm³/mol. The van der Waals surface area contributed by atoms with Gasteiger partial charge in [0.15, 0.2) is 0 Å². The van der Waals surface area contributed by atoms with E-state index in [-0.39, 0.29) is 12.1 Å². The van der Waals surface area contributed by atoms with E-state index in [9.17, 15) is 14.4 Å². The van der Waals surface area contributed by atoms with Crippen LogP contribution in [0.3, 0.4) is 0 Å². The van der Waals surface area contributed by atoms with Crippen LogP contribution in [0.1, 0.15) is 62.3 Å². The summed E-state index contributed by atoms with van der Waals surface area (Å²) in [5.74, 6) is -0.443. The minimum absolute atomic E-state index is 0.0800. The smallest absolute Gasteiger partial charge is 0.294 e. The molecular weight excluding hydrogens is 458 g/mol. The Morgan fingerprint density at radius 1 is 1.17 bits per heavy atom. The summed E-state index contributed by atoms with van der Waals surface area (Å²) in [4.78, 5) is 42.0. The number of thioether (sulfide) groups is 1. The molecule has 0 aromatic heterocycles. The van der Waals surface area contributed by atoms with Crippen molar-refractivity contribution in [1.82, 2.24) is 4.90 Å². The van der Waals surface area contributed by atoms with Gasteiger partial charge in [0.05, 0.1) is 4.91 Å². The average molecular weight is 492 g/mol. The van der Waals surface area contributed by atoms with Crippen LogP contribution in [0.5, 0.6) is 0 Å². The lowest BCUT2D eigenvalue weighted by atomic mass is 9.79. The first-order chi connectivity index (χ1) is 16.5. The van der Waals surface area contributed by atoms with Crippen LogP contribution in [0.2, 0.25) is 0 Å². The molecule has 2 aliphatic heterocycles. The van der Waals surface area contributed by atoms with Gasteiger partial charge in [-0.2, -0.15) is 0 Å². The number of hydrogen-bond acceptors (Lipinski definition) is 5. The van der Waals surface area contributed by atoms with E-state index >= 15 is 0 Å². The van der Waals surface area contributed by atoms with Gasteiger partial charge < -0.3 is 10.2 Å². The van der Waals surface area contributed by atoms with Crippen molar-refractivity contribution in [1.29, 1.82) is 0 Å². The lowest BCUT2D eigenvalue weighted by Crippen LogP contribution is -2.48. The van der Waals surface area contributed by atoms with Gasteiger partial charge in [-0.25, -0.2) is 0 Å². The number of aryl methyl sites for hydroxylation is 2. The molecule has 4 rings (SSSR count). The molecule has 0 unspecified atom stereocenters. The van der Waals surface area contributed by atoms with Crippen LogP contribution in [0, 0.1) is 13.8 Å². The van der Waals surface area contributed by atoms with Gasteiger partial charge in [-0.05, 0) is 105 Å². The molecule has 2 aromatic carbocycles. The fourth-order valence-electron chi connectivity index (χ4n) is 5.23. The van der Waals surface area contributed by atoms with Crippen LogP contribution in [0.15, 0.2) is 41.3 Å². The van der Waals surface area contributed by atoms with Gasteiger partial charge in [0.25, 0.3) is 11.1 Å². The van der Waals surface area contributed by atoms with Gasteiger partial charge in [-0.3, -0.25) is 19.3 Å². The first-order valence-electron chi connectivity index (χ1n) is 12.0. The summed E-state index contributed by atoms with van der Waals surface area (Å²) in [6.45, 7) is 13.5. The summed E-state index contributed by atoms with van der Waals surface area (Å²) in [5, 5.41) is 2.36. The maximum atomic E-state index is 13.1. The molecule has 0 spiro atoms. The first-order valence-corrected chi connectivity index (χ1v) is 12.9. The second kappa shape index (κ2) is 9.53. The van der Waals surface area contributed by atoms with Crippen LogP contribution < -0.4 is 10.2 Å². The number of amides is 3. The van der Waals surface area contributed by atoms with Crippen LogP contribution in [-0.2, 0) is 9.59 Å². The third-order valence-electron chi connectivity index (χ3n) is 6.97. The van der Waals surface area contributed by atoms with E-state index in [0.29, 0.717) is 16.5 Å². The molecule has 3 amide bonds. The molecule has 1 N–H and O–H groups in total. The maximum Gasteiger partial charge on any atom is 0.294 e. The van der Waals surface area contributed by atoms with Crippen molar-refractivity contribution in [2.24, 2.45) is 0 Å². The number of anilines is 2. The molecule has 7 heteroatoms. The maximum absolute atomic E-state index is 13.1. The van der Waals surface area contributed by atoms with Crippen molar-refractivity contribution in [2.75, 3.05) is 23.3 Å². The summed E-state index contributed by atoms with van der Waals surface area (Å²) >= 11 is 0.888. The van der Waals surface area contributed by atoms with Gasteiger partial charge in [0.1, 0.15) is 6.54 Å². The van der Waals surface area contributed by atoms with E-state index in [1.165, 1.54) is 11.3 Å². The Labute approximate surface area is 211 Å². The molecule has 1 fully saturated rings. The molecule has 0 aliphatic carbocycles. The minimum Gasteiger partial charge on any atom is -0.366 e. The largest absolute Gasteiger partial charge is 0.366 e. The standard InChI is InChI=1S/C28H33N3O3S/c1-7-31-23-12-18(3)20(13-21(23)19(4)15-28(31,5)6)14-24-26(33)30(27(34)35-24)16-25(32)29-22-11-9-8-10-17(22)2/h8-14,19H,7,15-16H2,1-6H3,(H,29,32)/b24-14-/t19-/m0/s1. The van der Waals surface area contributed by atoms with Gasteiger partial charge in [0, 0.05) is 23.5 Å². The highest BCUT2D eigenvalue weighted by atomic mass is 32.2. The minimum atomic E-state index is -0.429. The Balaban J connectivity index is 1.56. The summed E-state index contributed by atoms with van der Waals surface area (Å²) in [5.41, 5.74) is 6.15. The van der Waals surface area contributed by atoms with Crippen molar-refractivity contribution in [3.05, 3.63) is 63.6 Å².